The number of aromatic carboxylic acids is 1. The van der Waals surface area contributed by atoms with Gasteiger partial charge in [-0.25, -0.2) is 14.0 Å². The van der Waals surface area contributed by atoms with Gasteiger partial charge in [-0.3, -0.25) is 4.98 Å². The molecule has 2 aromatic carbocycles. The largest absolute Gasteiger partial charge is 0.494 e. The number of aliphatic carboxylic acids is 1. The summed E-state index contributed by atoms with van der Waals surface area (Å²) in [6.45, 7) is 0. The predicted molar refractivity (Wildman–Crippen MR) is 101 cm³/mol. The van der Waals surface area contributed by atoms with E-state index >= 15 is 0 Å². The number of nitrogens with zero attached hydrogens (tertiary/aromatic N) is 1. The number of hydrogen-bond acceptors (Lipinski definition) is 4. The van der Waals surface area contributed by atoms with Crippen LogP contribution in [0.4, 0.5) is 4.39 Å². The van der Waals surface area contributed by atoms with E-state index in [0.717, 1.165) is 17.2 Å². The van der Waals surface area contributed by atoms with Crippen molar-refractivity contribution < 1.29 is 28.9 Å². The van der Waals surface area contributed by atoms with Crippen LogP contribution in [-0.4, -0.2) is 34.2 Å². The highest BCUT2D eigenvalue weighted by Crippen LogP contribution is 2.33. The summed E-state index contributed by atoms with van der Waals surface area (Å²) in [7, 11) is 1.35. The second-order valence-electron chi connectivity index (χ2n) is 6.07. The lowest BCUT2D eigenvalue weighted by molar-refractivity contribution is -0.131. The van der Waals surface area contributed by atoms with Crippen LogP contribution in [0.1, 0.15) is 27.0 Å². The Balaban J connectivity index is 2.17. The molecule has 0 saturated heterocycles. The van der Waals surface area contributed by atoms with Gasteiger partial charge in [0.1, 0.15) is 16.9 Å². The molecule has 1 heterocycles. The predicted octanol–water partition coefficient (Wildman–Crippen LogP) is 3.77. The summed E-state index contributed by atoms with van der Waals surface area (Å²) in [5, 5.41) is 18.9. The van der Waals surface area contributed by atoms with Crippen LogP contribution in [0.5, 0.6) is 5.75 Å². The van der Waals surface area contributed by atoms with Gasteiger partial charge in [-0.05, 0) is 53.5 Å². The average molecular weight is 381 g/mol. The first-order valence-electron chi connectivity index (χ1n) is 8.27. The van der Waals surface area contributed by atoms with Gasteiger partial charge < -0.3 is 14.9 Å². The minimum Gasteiger partial charge on any atom is -0.494 e. The molecule has 7 heteroatoms. The van der Waals surface area contributed by atoms with Crippen LogP contribution in [0, 0.1) is 5.82 Å². The van der Waals surface area contributed by atoms with Crippen molar-refractivity contribution in [2.75, 3.05) is 7.11 Å². The number of pyridine rings is 1. The molecule has 0 amide bonds. The Kier molecular flexibility index (Phi) is 5.35. The number of carboxylic acids is 2. The summed E-state index contributed by atoms with van der Waals surface area (Å²) in [5.74, 6) is -2.59. The van der Waals surface area contributed by atoms with Crippen LogP contribution in [0.3, 0.4) is 0 Å². The zero-order valence-electron chi connectivity index (χ0n) is 14.8. The molecule has 0 bridgehead atoms. The molecule has 1 aromatic heterocycles. The number of carbonyl (C=O) groups is 2. The Morgan fingerprint density at radius 3 is 2.46 bits per heavy atom. The van der Waals surface area contributed by atoms with Gasteiger partial charge in [0.15, 0.2) is 5.75 Å². The third kappa shape index (κ3) is 3.98. The fourth-order valence-corrected chi connectivity index (χ4v) is 2.93. The van der Waals surface area contributed by atoms with E-state index in [1.54, 1.807) is 24.4 Å². The zero-order chi connectivity index (χ0) is 20.3. The van der Waals surface area contributed by atoms with Crippen LogP contribution >= 0.6 is 0 Å². The van der Waals surface area contributed by atoms with Crippen LogP contribution < -0.4 is 4.74 Å². The van der Waals surface area contributed by atoms with E-state index < -0.39 is 11.9 Å². The maximum Gasteiger partial charge on any atom is 0.339 e. The van der Waals surface area contributed by atoms with Crippen LogP contribution in [0.25, 0.3) is 17.0 Å². The Hall–Kier alpha value is -3.74. The van der Waals surface area contributed by atoms with Crippen molar-refractivity contribution in [3.63, 3.8) is 0 Å². The van der Waals surface area contributed by atoms with E-state index in [1.165, 1.54) is 31.4 Å². The Morgan fingerprint density at radius 1 is 1.14 bits per heavy atom. The Bertz CT molecular complexity index is 1090. The zero-order valence-corrected chi connectivity index (χ0v) is 14.8. The van der Waals surface area contributed by atoms with Gasteiger partial charge in [0.25, 0.3) is 0 Å². The molecule has 0 fully saturated rings. The van der Waals surface area contributed by atoms with E-state index in [4.69, 9.17) is 9.84 Å². The summed E-state index contributed by atoms with van der Waals surface area (Å²) >= 11 is 0. The molecule has 0 radical (unpaired) electrons. The van der Waals surface area contributed by atoms with Crippen LogP contribution in [0.2, 0.25) is 0 Å². The lowest BCUT2D eigenvalue weighted by atomic mass is 9.99. The van der Waals surface area contributed by atoms with Crippen molar-refractivity contribution in [3.8, 4) is 5.75 Å². The van der Waals surface area contributed by atoms with E-state index in [2.05, 4.69) is 4.98 Å². The number of methoxy groups -OCH3 is 1. The number of fused-ring (bicyclic) bond motifs is 1. The molecule has 0 atom stereocenters. The quantitative estimate of drug-likeness (QED) is 0.631. The lowest BCUT2D eigenvalue weighted by Gasteiger charge is -2.12. The molecule has 0 unspecified atom stereocenters. The highest BCUT2D eigenvalue weighted by atomic mass is 19.1. The van der Waals surface area contributed by atoms with Crippen molar-refractivity contribution in [1.29, 1.82) is 0 Å². The fourth-order valence-electron chi connectivity index (χ4n) is 2.93. The van der Waals surface area contributed by atoms with Crippen LogP contribution in [0.15, 0.2) is 48.7 Å². The summed E-state index contributed by atoms with van der Waals surface area (Å²) < 4.78 is 18.3. The minimum absolute atomic E-state index is 0.100. The second-order valence-corrected chi connectivity index (χ2v) is 6.07. The highest BCUT2D eigenvalue weighted by molar-refractivity contribution is 6.03. The van der Waals surface area contributed by atoms with Gasteiger partial charge in [0, 0.05) is 17.7 Å². The van der Waals surface area contributed by atoms with Crippen LogP contribution in [-0.2, 0) is 11.2 Å². The van der Waals surface area contributed by atoms with E-state index in [0.29, 0.717) is 22.9 Å². The van der Waals surface area contributed by atoms with Gasteiger partial charge >= 0.3 is 11.9 Å². The minimum atomic E-state index is -1.21. The monoisotopic (exact) mass is 381 g/mol. The van der Waals surface area contributed by atoms with E-state index in [9.17, 15) is 19.1 Å². The number of ether oxygens (including phenoxy) is 1. The van der Waals surface area contributed by atoms with E-state index in [1.807, 2.05) is 0 Å². The second kappa shape index (κ2) is 7.87. The van der Waals surface area contributed by atoms with Gasteiger partial charge in [0.2, 0.25) is 0 Å². The molecular weight excluding hydrogens is 365 g/mol. The van der Waals surface area contributed by atoms with Gasteiger partial charge in [-0.15, -0.1) is 0 Å². The fraction of sp³-hybridized carbons (Fsp3) is 0.0952. The van der Waals surface area contributed by atoms with Crippen molar-refractivity contribution in [3.05, 3.63) is 76.7 Å². The molecule has 3 aromatic rings. The van der Waals surface area contributed by atoms with Crippen molar-refractivity contribution in [2.45, 2.75) is 6.42 Å². The average Bonchev–Trinajstić information content (AvgIpc) is 2.67. The number of hydrogen-bond donors (Lipinski definition) is 2. The Labute approximate surface area is 159 Å². The van der Waals surface area contributed by atoms with E-state index in [-0.39, 0.29) is 17.1 Å². The highest BCUT2D eigenvalue weighted by Gasteiger charge is 2.18. The smallest absolute Gasteiger partial charge is 0.339 e. The van der Waals surface area contributed by atoms with Gasteiger partial charge in [0.05, 0.1) is 7.11 Å². The molecule has 0 spiro atoms. The molecule has 0 aliphatic heterocycles. The maximum atomic E-state index is 13.1. The third-order valence-electron chi connectivity index (χ3n) is 4.18. The molecule has 6 nitrogen and oxygen atoms in total. The Morgan fingerprint density at radius 2 is 1.86 bits per heavy atom. The molecule has 0 aliphatic rings. The third-order valence-corrected chi connectivity index (χ3v) is 4.18. The topological polar surface area (TPSA) is 96.7 Å². The summed E-state index contributed by atoms with van der Waals surface area (Å²) in [6.07, 6.45) is 4.32. The van der Waals surface area contributed by atoms with Gasteiger partial charge in [-0.2, -0.15) is 0 Å². The number of aromatic nitrogens is 1. The van der Waals surface area contributed by atoms with Gasteiger partial charge in [-0.1, -0.05) is 12.1 Å². The first-order valence-corrected chi connectivity index (χ1v) is 8.27. The molecule has 0 saturated carbocycles. The molecule has 142 valence electrons. The standard InChI is InChI=1S/C21H16FNO5/c1-28-20-17(21(26)27)10-14(4-7-18(24)25)16-9-13(11-23-19(16)20)8-12-2-5-15(22)6-3-12/h2-7,9-11H,8H2,1H3,(H,24,25)(H,26,27)/b7-4+. The summed E-state index contributed by atoms with van der Waals surface area (Å²) in [6, 6.07) is 9.21. The molecular formula is C21H16FNO5. The lowest BCUT2D eigenvalue weighted by Crippen LogP contribution is -2.04. The van der Waals surface area contributed by atoms with Crippen molar-refractivity contribution >= 4 is 28.9 Å². The molecule has 2 N–H and O–H groups in total. The number of rotatable bonds is 6. The normalized spacial score (nSPS) is 11.1. The molecule has 0 aliphatic carbocycles. The number of halogens is 1. The molecule has 3 rings (SSSR count). The summed E-state index contributed by atoms with van der Waals surface area (Å²) in [4.78, 5) is 26.8. The van der Waals surface area contributed by atoms with Crippen molar-refractivity contribution in [2.24, 2.45) is 0 Å². The SMILES string of the molecule is COc1c(C(=O)O)cc(/C=C/C(=O)O)c2cc(Cc3ccc(F)cc3)cnc12. The number of benzene rings is 2. The van der Waals surface area contributed by atoms with Crippen molar-refractivity contribution in [1.82, 2.24) is 4.98 Å². The maximum absolute atomic E-state index is 13.1. The number of carboxylic acid groups (broad SMARTS) is 2. The summed E-state index contributed by atoms with van der Waals surface area (Å²) in [5.41, 5.74) is 2.27. The first-order chi connectivity index (χ1) is 13.4. The first kappa shape index (κ1) is 19.0. The molecule has 28 heavy (non-hydrogen) atoms.